The Balaban J connectivity index is 1.69. The molecule has 1 spiro atoms. The van der Waals surface area contributed by atoms with Crippen LogP contribution in [-0.4, -0.2) is 88.1 Å². The lowest BCUT2D eigenvalue weighted by molar-refractivity contribution is -0.161. The molecule has 0 aromatic heterocycles. The first-order valence-electron chi connectivity index (χ1n) is 17.2. The maximum Gasteiger partial charge on any atom is 0.313 e. The summed E-state index contributed by atoms with van der Waals surface area (Å²) < 4.78 is 12.8. The van der Waals surface area contributed by atoms with Crippen molar-refractivity contribution < 1.29 is 33.8 Å². The molecule has 2 N–H and O–H groups in total. The fourth-order valence-corrected chi connectivity index (χ4v) is 7.85. The zero-order chi connectivity index (χ0) is 34.3. The van der Waals surface area contributed by atoms with E-state index in [0.717, 1.165) is 12.8 Å². The Morgan fingerprint density at radius 1 is 1.19 bits per heavy atom. The number of fused-ring (bicyclic) bond motifs is 1. The molecule has 10 heteroatoms. The number of benzene rings is 1. The van der Waals surface area contributed by atoms with Gasteiger partial charge in [0, 0.05) is 19.0 Å². The highest BCUT2D eigenvalue weighted by Gasteiger charge is 2.75. The number of amides is 3. The molecule has 0 saturated carbocycles. The molecule has 258 valence electrons. The molecule has 8 atom stereocenters. The number of rotatable bonds is 18. The molecule has 3 aliphatic rings. The Morgan fingerprint density at radius 2 is 1.91 bits per heavy atom. The Bertz CT molecular complexity index is 1290. The molecule has 3 saturated heterocycles. The number of hydrogen-bond donors (Lipinski definition) is 2. The van der Waals surface area contributed by atoms with Gasteiger partial charge in [-0.1, -0.05) is 69.7 Å². The molecule has 47 heavy (non-hydrogen) atoms. The first-order chi connectivity index (χ1) is 22.5. The first kappa shape index (κ1) is 36.3. The second kappa shape index (κ2) is 16.1. The van der Waals surface area contributed by atoms with E-state index in [-0.39, 0.29) is 49.3 Å². The van der Waals surface area contributed by atoms with Gasteiger partial charge in [-0.15, -0.1) is 13.2 Å². The van der Waals surface area contributed by atoms with Crippen LogP contribution in [0.25, 0.3) is 0 Å². The smallest absolute Gasteiger partial charge is 0.313 e. The van der Waals surface area contributed by atoms with Crippen LogP contribution in [0.5, 0.6) is 0 Å². The molecular formula is C37H53N3O7. The van der Waals surface area contributed by atoms with Crippen LogP contribution in [0.1, 0.15) is 84.3 Å². The molecule has 3 amide bonds. The zero-order valence-electron chi connectivity index (χ0n) is 28.4. The van der Waals surface area contributed by atoms with Gasteiger partial charge in [-0.3, -0.25) is 19.2 Å². The van der Waals surface area contributed by atoms with Crippen LogP contribution >= 0.6 is 0 Å². The average molecular weight is 652 g/mol. The summed E-state index contributed by atoms with van der Waals surface area (Å²) in [4.78, 5) is 59.2. The molecule has 1 unspecified atom stereocenters. The molecule has 4 rings (SSSR count). The van der Waals surface area contributed by atoms with Crippen LogP contribution in [0, 0.1) is 17.8 Å². The number of likely N-dealkylation sites (tertiary alicyclic amines) is 1. The molecule has 3 heterocycles. The van der Waals surface area contributed by atoms with Crippen LogP contribution in [0.15, 0.2) is 55.6 Å². The maximum atomic E-state index is 14.7. The van der Waals surface area contributed by atoms with Crippen LogP contribution < -0.4 is 5.32 Å². The number of ether oxygens (including phenoxy) is 2. The van der Waals surface area contributed by atoms with Gasteiger partial charge in [0.05, 0.1) is 37.1 Å². The van der Waals surface area contributed by atoms with Crippen molar-refractivity contribution in [2.24, 2.45) is 17.8 Å². The number of nitrogens with zero attached hydrogens (tertiary/aromatic N) is 2. The monoisotopic (exact) mass is 651 g/mol. The number of esters is 1. The molecule has 10 nitrogen and oxygen atoms in total. The Morgan fingerprint density at radius 3 is 2.53 bits per heavy atom. The number of carbonyl (C=O) groups excluding carboxylic acids is 4. The van der Waals surface area contributed by atoms with Crippen LogP contribution in [0.2, 0.25) is 0 Å². The van der Waals surface area contributed by atoms with Gasteiger partial charge in [0.25, 0.3) is 0 Å². The summed E-state index contributed by atoms with van der Waals surface area (Å²) in [5.41, 5.74) is -0.516. The number of hydrogen-bond acceptors (Lipinski definition) is 7. The largest absolute Gasteiger partial charge is 0.455 e. The van der Waals surface area contributed by atoms with Gasteiger partial charge in [-0.2, -0.15) is 0 Å². The lowest BCUT2D eigenvalue weighted by atomic mass is 9.70. The van der Waals surface area contributed by atoms with Crippen molar-refractivity contribution in [3.8, 4) is 0 Å². The molecule has 2 bridgehead atoms. The normalized spacial score (nSPS) is 26.4. The SMILES string of the molecule is C=CCCC(=O)NC[C@@H](OC(=O)[C@@H]1[C@@H]2CC[C@]3(O2)[C@H](C(=O)N(CC=C)C(C)CCC)N([C@@H](CO)CC(C)C)C(=O)[C@@H]13)c1ccccc1. The first-order valence-corrected chi connectivity index (χ1v) is 17.2. The van der Waals surface area contributed by atoms with E-state index in [0.29, 0.717) is 37.8 Å². The molecule has 3 fully saturated rings. The summed E-state index contributed by atoms with van der Waals surface area (Å²) in [5.74, 6) is -3.11. The van der Waals surface area contributed by atoms with Gasteiger partial charge in [0.2, 0.25) is 17.7 Å². The van der Waals surface area contributed by atoms with Crippen molar-refractivity contribution in [3.63, 3.8) is 0 Å². The van der Waals surface area contributed by atoms with E-state index in [1.807, 2.05) is 51.1 Å². The van der Waals surface area contributed by atoms with E-state index in [1.54, 1.807) is 17.1 Å². The number of allylic oxidation sites excluding steroid dienone is 1. The molecule has 0 aliphatic carbocycles. The van der Waals surface area contributed by atoms with Gasteiger partial charge in [-0.05, 0) is 50.5 Å². The summed E-state index contributed by atoms with van der Waals surface area (Å²) in [5, 5.41) is 13.4. The van der Waals surface area contributed by atoms with E-state index in [1.165, 1.54) is 4.90 Å². The number of aliphatic hydroxyl groups excluding tert-OH is 1. The Kier molecular flexibility index (Phi) is 12.4. The van der Waals surface area contributed by atoms with E-state index in [4.69, 9.17) is 9.47 Å². The summed E-state index contributed by atoms with van der Waals surface area (Å²) in [7, 11) is 0. The lowest BCUT2D eigenvalue weighted by Gasteiger charge is -2.41. The number of aliphatic hydroxyl groups is 1. The third kappa shape index (κ3) is 7.49. The summed E-state index contributed by atoms with van der Waals surface area (Å²) in [6.07, 6.45) is 5.84. The van der Waals surface area contributed by atoms with Crippen LogP contribution in [0.4, 0.5) is 0 Å². The second-order valence-corrected chi connectivity index (χ2v) is 13.7. The van der Waals surface area contributed by atoms with Gasteiger partial charge in [-0.25, -0.2) is 0 Å². The predicted octanol–water partition coefficient (Wildman–Crippen LogP) is 4.34. The van der Waals surface area contributed by atoms with Crippen molar-refractivity contribution in [3.05, 3.63) is 61.2 Å². The van der Waals surface area contributed by atoms with Crippen molar-refractivity contribution >= 4 is 23.7 Å². The van der Waals surface area contributed by atoms with Crippen molar-refractivity contribution in [1.29, 1.82) is 0 Å². The average Bonchev–Trinajstić information content (AvgIpc) is 3.70. The second-order valence-electron chi connectivity index (χ2n) is 13.7. The highest BCUT2D eigenvalue weighted by Crippen LogP contribution is 2.59. The molecular weight excluding hydrogens is 598 g/mol. The van der Waals surface area contributed by atoms with Crippen LogP contribution in [-0.2, 0) is 28.7 Å². The van der Waals surface area contributed by atoms with Gasteiger partial charge in [0.15, 0.2) is 0 Å². The van der Waals surface area contributed by atoms with Crippen molar-refractivity contribution in [1.82, 2.24) is 15.1 Å². The van der Waals surface area contributed by atoms with E-state index >= 15 is 0 Å². The van der Waals surface area contributed by atoms with Crippen LogP contribution in [0.3, 0.4) is 0 Å². The molecule has 3 aliphatic heterocycles. The number of nitrogens with one attached hydrogen (secondary N) is 1. The molecule has 0 radical (unpaired) electrons. The third-order valence-electron chi connectivity index (χ3n) is 9.93. The minimum Gasteiger partial charge on any atom is -0.455 e. The zero-order valence-corrected chi connectivity index (χ0v) is 28.4. The fourth-order valence-electron chi connectivity index (χ4n) is 7.85. The highest BCUT2D eigenvalue weighted by atomic mass is 16.6. The quantitative estimate of drug-likeness (QED) is 0.179. The maximum absolute atomic E-state index is 14.7. The van der Waals surface area contributed by atoms with Gasteiger partial charge >= 0.3 is 5.97 Å². The van der Waals surface area contributed by atoms with E-state index < -0.39 is 47.7 Å². The molecule has 1 aromatic rings. The number of carbonyl (C=O) groups is 4. The topological polar surface area (TPSA) is 125 Å². The standard InChI is InChI=1S/C37H53N3O7/c1-7-10-17-30(42)38-22-29(26-15-12-11-13-16-26)46-36(45)31-28-18-19-37(47-28)32(31)34(43)40(27(23-41)21-24(4)5)33(37)35(44)39(20-9-3)25(6)14-8-2/h7,9,11-13,15-16,24-25,27-29,31-33,41H,1,3,8,10,14,17-23H2,2,4-6H3,(H,38,42)/t25?,27-,28+,29-,31-,32-,33+,37-/m1/s1. The van der Waals surface area contributed by atoms with Gasteiger partial charge < -0.3 is 29.7 Å². The third-order valence-corrected chi connectivity index (χ3v) is 9.93. The molecule has 1 aromatic carbocycles. The summed E-state index contributed by atoms with van der Waals surface area (Å²) in [6.45, 7) is 15.7. The Hall–Kier alpha value is -3.50. The fraction of sp³-hybridized carbons (Fsp3) is 0.622. The summed E-state index contributed by atoms with van der Waals surface area (Å²) >= 11 is 0. The summed E-state index contributed by atoms with van der Waals surface area (Å²) in [6, 6.07) is 7.45. The highest BCUT2D eigenvalue weighted by molar-refractivity contribution is 5.98. The van der Waals surface area contributed by atoms with Crippen molar-refractivity contribution in [2.45, 2.75) is 109 Å². The van der Waals surface area contributed by atoms with E-state index in [2.05, 4.69) is 25.4 Å². The predicted molar refractivity (Wildman–Crippen MR) is 179 cm³/mol. The lowest BCUT2D eigenvalue weighted by Crippen LogP contribution is -2.60. The Labute approximate surface area is 279 Å². The van der Waals surface area contributed by atoms with Gasteiger partial charge in [0.1, 0.15) is 17.7 Å². The minimum atomic E-state index is -1.22. The van der Waals surface area contributed by atoms with E-state index in [9.17, 15) is 24.3 Å². The minimum absolute atomic E-state index is 0.0633. The van der Waals surface area contributed by atoms with Crippen molar-refractivity contribution in [2.75, 3.05) is 19.7 Å².